The molecular formula is C23H25N5O3. The fraction of sp³-hybridized carbons (Fsp3) is 0.391. The lowest BCUT2D eigenvalue weighted by atomic mass is 9.86. The lowest BCUT2D eigenvalue weighted by molar-refractivity contribution is 0.243. The molecule has 1 aromatic carbocycles. The molecule has 5 rings (SSSR count). The van der Waals surface area contributed by atoms with Crippen LogP contribution in [0.25, 0.3) is 0 Å². The molecule has 2 aliphatic rings. The first-order chi connectivity index (χ1) is 15.1. The summed E-state index contributed by atoms with van der Waals surface area (Å²) in [5.41, 5.74) is 0.916. The van der Waals surface area contributed by atoms with Crippen molar-refractivity contribution in [2.75, 3.05) is 20.2 Å². The van der Waals surface area contributed by atoms with Gasteiger partial charge in [-0.3, -0.25) is 19.1 Å². The molecule has 31 heavy (non-hydrogen) atoms. The Morgan fingerprint density at radius 3 is 2.68 bits per heavy atom. The summed E-state index contributed by atoms with van der Waals surface area (Å²) in [7, 11) is 1.63. The molecule has 8 heteroatoms. The molecule has 2 aliphatic heterocycles. The van der Waals surface area contributed by atoms with E-state index < -0.39 is 11.1 Å². The number of likely N-dealkylation sites (tertiary alicyclic amines) is 1. The van der Waals surface area contributed by atoms with Crippen molar-refractivity contribution in [3.63, 3.8) is 0 Å². The predicted octanol–water partition coefficient (Wildman–Crippen LogP) is 1.31. The maximum Gasteiger partial charge on any atom is 0.332 e. The van der Waals surface area contributed by atoms with Gasteiger partial charge in [-0.15, -0.1) is 0 Å². The zero-order valence-electron chi connectivity index (χ0n) is 17.5. The van der Waals surface area contributed by atoms with E-state index in [1.165, 1.54) is 4.68 Å². The summed E-state index contributed by atoms with van der Waals surface area (Å²) in [6.07, 6.45) is 3.40. The molecular weight excluding hydrogens is 394 g/mol. The number of nitrogens with zero attached hydrogens (tertiary/aromatic N) is 5. The molecule has 3 aromatic rings. The quantitative estimate of drug-likeness (QED) is 0.580. The first-order valence-corrected chi connectivity index (χ1v) is 10.5. The monoisotopic (exact) mass is 419 g/mol. The highest BCUT2D eigenvalue weighted by atomic mass is 16.5. The van der Waals surface area contributed by atoms with Gasteiger partial charge in [0.25, 0.3) is 0 Å². The maximum atomic E-state index is 12.8. The minimum Gasteiger partial charge on any atom is -0.481 e. The Balaban J connectivity index is 1.36. The molecule has 0 unspecified atom stereocenters. The van der Waals surface area contributed by atoms with Crippen LogP contribution in [0.3, 0.4) is 0 Å². The van der Waals surface area contributed by atoms with Gasteiger partial charge in [0.1, 0.15) is 5.82 Å². The second kappa shape index (κ2) is 7.77. The number of aromatic nitrogens is 4. The second-order valence-electron chi connectivity index (χ2n) is 8.57. The zero-order valence-corrected chi connectivity index (χ0v) is 17.5. The van der Waals surface area contributed by atoms with E-state index in [-0.39, 0.29) is 5.41 Å². The highest BCUT2D eigenvalue weighted by Crippen LogP contribution is 2.39. The van der Waals surface area contributed by atoms with E-state index in [2.05, 4.69) is 15.0 Å². The van der Waals surface area contributed by atoms with Crippen LogP contribution in [0.2, 0.25) is 0 Å². The van der Waals surface area contributed by atoms with Crippen LogP contribution in [-0.2, 0) is 26.1 Å². The van der Waals surface area contributed by atoms with Crippen LogP contribution in [0.4, 0.5) is 0 Å². The van der Waals surface area contributed by atoms with Crippen molar-refractivity contribution < 1.29 is 4.74 Å². The van der Waals surface area contributed by atoms with E-state index in [0.29, 0.717) is 31.2 Å². The number of pyridine rings is 1. The Morgan fingerprint density at radius 1 is 1.03 bits per heavy atom. The highest BCUT2D eigenvalue weighted by molar-refractivity contribution is 5.25. The molecule has 1 saturated heterocycles. The Bertz CT molecular complexity index is 1220. The van der Waals surface area contributed by atoms with Gasteiger partial charge < -0.3 is 4.74 Å². The number of fused-ring (bicyclic) bond motifs is 1. The molecule has 0 radical (unpaired) electrons. The normalized spacial score (nSPS) is 20.3. The van der Waals surface area contributed by atoms with Crippen molar-refractivity contribution in [2.24, 2.45) is 5.41 Å². The van der Waals surface area contributed by atoms with Crippen LogP contribution in [0.1, 0.15) is 23.4 Å². The molecule has 8 nitrogen and oxygen atoms in total. The Kier molecular flexibility index (Phi) is 4.94. The van der Waals surface area contributed by atoms with Crippen molar-refractivity contribution in [3.8, 4) is 5.88 Å². The summed E-state index contributed by atoms with van der Waals surface area (Å²) in [5, 5.41) is 4.58. The number of methoxy groups -OCH3 is 1. The van der Waals surface area contributed by atoms with Gasteiger partial charge in [-0.05, 0) is 24.6 Å². The Hall–Kier alpha value is -3.26. The lowest BCUT2D eigenvalue weighted by Crippen LogP contribution is -2.43. The Labute approximate surface area is 179 Å². The van der Waals surface area contributed by atoms with E-state index in [4.69, 9.17) is 4.74 Å². The lowest BCUT2D eigenvalue weighted by Gasteiger charge is -2.23. The van der Waals surface area contributed by atoms with Gasteiger partial charge in [0, 0.05) is 43.2 Å². The third-order valence-electron chi connectivity index (χ3n) is 6.37. The van der Waals surface area contributed by atoms with Crippen LogP contribution < -0.4 is 15.9 Å². The molecule has 0 N–H and O–H groups in total. The number of hydrogen-bond acceptors (Lipinski definition) is 6. The molecule has 160 valence electrons. The fourth-order valence-electron chi connectivity index (χ4n) is 4.87. The average Bonchev–Trinajstić information content (AvgIpc) is 3.35. The Morgan fingerprint density at radius 2 is 1.87 bits per heavy atom. The van der Waals surface area contributed by atoms with Gasteiger partial charge in [0.2, 0.25) is 5.88 Å². The van der Waals surface area contributed by atoms with E-state index in [1.807, 2.05) is 42.5 Å². The largest absolute Gasteiger partial charge is 0.481 e. The molecule has 1 fully saturated rings. The van der Waals surface area contributed by atoms with Gasteiger partial charge in [-0.25, -0.2) is 9.67 Å². The van der Waals surface area contributed by atoms with Gasteiger partial charge >= 0.3 is 11.1 Å². The topological polar surface area (TPSA) is 82.2 Å². The molecule has 0 amide bonds. The standard InChI is InChI=1S/C23H25N5O3/c1-31-20-18(8-5-10-24-20)14-26-11-9-23(15-26)12-19-25-28(13-17-6-3-2-4-7-17)22(30)21(29)27(19)16-23/h2-8,10H,9,11-16H2,1H3/t23-/m0/s1. The number of hydrogen-bond donors (Lipinski definition) is 0. The number of ether oxygens (including phenoxy) is 1. The molecule has 2 aromatic heterocycles. The van der Waals surface area contributed by atoms with Crippen LogP contribution >= 0.6 is 0 Å². The van der Waals surface area contributed by atoms with Crippen molar-refractivity contribution in [1.82, 2.24) is 24.2 Å². The summed E-state index contributed by atoms with van der Waals surface area (Å²) >= 11 is 0. The molecule has 4 heterocycles. The molecule has 0 aliphatic carbocycles. The summed E-state index contributed by atoms with van der Waals surface area (Å²) in [6.45, 7) is 3.38. The van der Waals surface area contributed by atoms with E-state index in [0.717, 1.165) is 37.2 Å². The third kappa shape index (κ3) is 3.67. The number of benzene rings is 1. The first-order valence-electron chi connectivity index (χ1n) is 10.5. The van der Waals surface area contributed by atoms with Gasteiger partial charge in [-0.1, -0.05) is 36.4 Å². The van der Waals surface area contributed by atoms with Crippen LogP contribution in [0, 0.1) is 5.41 Å². The average molecular weight is 419 g/mol. The third-order valence-corrected chi connectivity index (χ3v) is 6.37. The smallest absolute Gasteiger partial charge is 0.332 e. The van der Waals surface area contributed by atoms with Crippen molar-refractivity contribution in [1.29, 1.82) is 0 Å². The number of rotatable bonds is 5. The minimum atomic E-state index is -0.556. The molecule has 1 atom stereocenters. The van der Waals surface area contributed by atoms with Crippen LogP contribution in [0.5, 0.6) is 5.88 Å². The molecule has 1 spiro atoms. The van der Waals surface area contributed by atoms with Gasteiger partial charge in [0.15, 0.2) is 0 Å². The summed E-state index contributed by atoms with van der Waals surface area (Å²) in [4.78, 5) is 32.1. The first kappa shape index (κ1) is 19.7. The van der Waals surface area contributed by atoms with Crippen molar-refractivity contribution in [3.05, 3.63) is 86.3 Å². The minimum absolute atomic E-state index is 0.0625. The summed E-state index contributed by atoms with van der Waals surface area (Å²) in [5.74, 6) is 1.36. The van der Waals surface area contributed by atoms with E-state index in [1.54, 1.807) is 17.9 Å². The predicted molar refractivity (Wildman–Crippen MR) is 115 cm³/mol. The van der Waals surface area contributed by atoms with Crippen LogP contribution in [0.15, 0.2) is 58.3 Å². The van der Waals surface area contributed by atoms with Gasteiger partial charge in [0.05, 0.1) is 13.7 Å². The summed E-state index contributed by atoms with van der Waals surface area (Å²) < 4.78 is 8.29. The summed E-state index contributed by atoms with van der Waals surface area (Å²) in [6, 6.07) is 13.6. The fourth-order valence-corrected chi connectivity index (χ4v) is 4.87. The SMILES string of the molecule is COc1ncccc1CN1CC[C@]2(Cc3nn(Cc4ccccc4)c(=O)c(=O)n3C2)C1. The highest BCUT2D eigenvalue weighted by Gasteiger charge is 2.44. The second-order valence-corrected chi connectivity index (χ2v) is 8.57. The van der Waals surface area contributed by atoms with E-state index in [9.17, 15) is 9.59 Å². The zero-order chi connectivity index (χ0) is 21.4. The van der Waals surface area contributed by atoms with E-state index >= 15 is 0 Å². The van der Waals surface area contributed by atoms with Crippen molar-refractivity contribution >= 4 is 0 Å². The van der Waals surface area contributed by atoms with Crippen LogP contribution in [-0.4, -0.2) is 44.4 Å². The molecule has 0 bridgehead atoms. The van der Waals surface area contributed by atoms with Gasteiger partial charge in [-0.2, -0.15) is 5.10 Å². The maximum absolute atomic E-state index is 12.8. The van der Waals surface area contributed by atoms with Crippen molar-refractivity contribution in [2.45, 2.75) is 32.5 Å². The molecule has 0 saturated carbocycles.